The summed E-state index contributed by atoms with van der Waals surface area (Å²) in [7, 11) is 0. The summed E-state index contributed by atoms with van der Waals surface area (Å²) >= 11 is 5.93. The van der Waals surface area contributed by atoms with Gasteiger partial charge in [-0.1, -0.05) is 28.9 Å². The molecule has 0 spiro atoms. The van der Waals surface area contributed by atoms with Gasteiger partial charge in [0.2, 0.25) is 0 Å². The molecule has 94 valence electrons. The van der Waals surface area contributed by atoms with Crippen LogP contribution >= 0.6 is 11.6 Å². The van der Waals surface area contributed by atoms with Crippen LogP contribution in [0.5, 0.6) is 0 Å². The molecule has 0 amide bonds. The van der Waals surface area contributed by atoms with Gasteiger partial charge in [0.05, 0.1) is 0 Å². The second kappa shape index (κ2) is 4.78. The van der Waals surface area contributed by atoms with E-state index in [1.165, 1.54) is 13.0 Å². The van der Waals surface area contributed by atoms with Crippen molar-refractivity contribution in [1.29, 1.82) is 0 Å². The van der Waals surface area contributed by atoms with Crippen molar-refractivity contribution in [3.8, 4) is 11.3 Å². The maximum atomic E-state index is 13.5. The van der Waals surface area contributed by atoms with Gasteiger partial charge in [0.25, 0.3) is 0 Å². The van der Waals surface area contributed by atoms with Gasteiger partial charge in [0.15, 0.2) is 11.5 Å². The molecule has 2 aromatic rings. The number of hydrogen-bond donors (Lipinski definition) is 1. The summed E-state index contributed by atoms with van der Waals surface area (Å²) in [4.78, 5) is 10.7. The van der Waals surface area contributed by atoms with Gasteiger partial charge >= 0.3 is 5.97 Å². The lowest BCUT2D eigenvalue weighted by atomic mass is 10.0. The first-order valence-electron chi connectivity index (χ1n) is 5.13. The van der Waals surface area contributed by atoms with Crippen molar-refractivity contribution < 1.29 is 18.8 Å². The average Bonchev–Trinajstić information content (AvgIpc) is 2.77. The monoisotopic (exact) mass is 269 g/mol. The SMILES string of the molecule is CC(F)c1c(Cl)cccc1-c1cc(C(=O)O)no1. The molecule has 1 atom stereocenters. The Morgan fingerprint density at radius 2 is 2.28 bits per heavy atom. The number of nitrogens with zero attached hydrogens (tertiary/aromatic N) is 1. The van der Waals surface area contributed by atoms with Gasteiger partial charge < -0.3 is 9.63 Å². The standard InChI is InChI=1S/C12H9ClFNO3/c1-6(14)11-7(3-2-4-8(11)13)10-5-9(12(16)17)15-18-10/h2-6H,1H3,(H,16,17). The summed E-state index contributed by atoms with van der Waals surface area (Å²) in [5, 5.41) is 12.4. The van der Waals surface area contributed by atoms with Gasteiger partial charge in [-0.25, -0.2) is 9.18 Å². The number of carbonyl (C=O) groups is 1. The Labute approximate surface area is 107 Å². The fraction of sp³-hybridized carbons (Fsp3) is 0.167. The Morgan fingerprint density at radius 1 is 1.56 bits per heavy atom. The lowest BCUT2D eigenvalue weighted by Gasteiger charge is -2.09. The quantitative estimate of drug-likeness (QED) is 0.922. The zero-order chi connectivity index (χ0) is 13.3. The van der Waals surface area contributed by atoms with Crippen molar-refractivity contribution in [3.05, 3.63) is 40.5 Å². The highest BCUT2D eigenvalue weighted by Gasteiger charge is 2.19. The number of carboxylic acid groups (broad SMARTS) is 1. The number of carboxylic acids is 1. The average molecular weight is 270 g/mol. The van der Waals surface area contributed by atoms with Gasteiger partial charge in [0.1, 0.15) is 6.17 Å². The van der Waals surface area contributed by atoms with E-state index in [4.69, 9.17) is 21.2 Å². The van der Waals surface area contributed by atoms with Gasteiger partial charge in [-0.05, 0) is 13.0 Å². The summed E-state index contributed by atoms with van der Waals surface area (Å²) in [5.41, 5.74) is 0.423. The molecule has 4 nitrogen and oxygen atoms in total. The molecule has 18 heavy (non-hydrogen) atoms. The summed E-state index contributed by atoms with van der Waals surface area (Å²) < 4.78 is 18.4. The molecule has 6 heteroatoms. The second-order valence-corrected chi connectivity index (χ2v) is 4.11. The van der Waals surface area contributed by atoms with Gasteiger partial charge in [-0.3, -0.25) is 0 Å². The summed E-state index contributed by atoms with van der Waals surface area (Å²) in [6.45, 7) is 1.35. The Balaban J connectivity index is 2.56. The number of benzene rings is 1. The Kier molecular flexibility index (Phi) is 3.34. The molecule has 2 rings (SSSR count). The van der Waals surface area contributed by atoms with E-state index in [2.05, 4.69) is 5.16 Å². The van der Waals surface area contributed by atoms with E-state index in [-0.39, 0.29) is 22.0 Å². The Hall–Kier alpha value is -1.88. The van der Waals surface area contributed by atoms with Crippen molar-refractivity contribution >= 4 is 17.6 Å². The molecule has 0 aliphatic heterocycles. The lowest BCUT2D eigenvalue weighted by Crippen LogP contribution is -1.95. The third-order valence-corrected chi connectivity index (χ3v) is 2.78. The van der Waals surface area contributed by atoms with E-state index in [1.807, 2.05) is 0 Å². The zero-order valence-electron chi connectivity index (χ0n) is 9.35. The minimum Gasteiger partial charge on any atom is -0.476 e. The van der Waals surface area contributed by atoms with Crippen LogP contribution in [-0.2, 0) is 0 Å². The minimum absolute atomic E-state index is 0.175. The number of hydrogen-bond acceptors (Lipinski definition) is 3. The van der Waals surface area contributed by atoms with Crippen LogP contribution in [0.2, 0.25) is 5.02 Å². The van der Waals surface area contributed by atoms with Crippen LogP contribution in [0, 0.1) is 0 Å². The molecule has 1 aromatic heterocycles. The number of alkyl halides is 1. The molecule has 1 N–H and O–H groups in total. The lowest BCUT2D eigenvalue weighted by molar-refractivity contribution is 0.0686. The smallest absolute Gasteiger partial charge is 0.358 e. The predicted molar refractivity (Wildman–Crippen MR) is 63.4 cm³/mol. The van der Waals surface area contributed by atoms with Crippen molar-refractivity contribution in [2.24, 2.45) is 0 Å². The summed E-state index contributed by atoms with van der Waals surface area (Å²) in [5.74, 6) is -1.03. The van der Waals surface area contributed by atoms with Crippen LogP contribution < -0.4 is 0 Å². The van der Waals surface area contributed by atoms with E-state index < -0.39 is 12.1 Å². The molecule has 0 fully saturated rings. The summed E-state index contributed by atoms with van der Waals surface area (Å²) in [6.07, 6.45) is -1.30. The molecule has 0 radical (unpaired) electrons. The normalized spacial score (nSPS) is 12.4. The molecule has 0 saturated heterocycles. The highest BCUT2D eigenvalue weighted by atomic mass is 35.5. The topological polar surface area (TPSA) is 63.3 Å². The van der Waals surface area contributed by atoms with Crippen LogP contribution in [0.3, 0.4) is 0 Å². The first kappa shape index (κ1) is 12.6. The maximum Gasteiger partial charge on any atom is 0.358 e. The van der Waals surface area contributed by atoms with E-state index >= 15 is 0 Å². The van der Waals surface area contributed by atoms with Crippen molar-refractivity contribution in [2.45, 2.75) is 13.1 Å². The minimum atomic E-state index is -1.30. The first-order chi connectivity index (χ1) is 8.50. The number of rotatable bonds is 3. The van der Waals surface area contributed by atoms with Gasteiger partial charge in [-0.15, -0.1) is 0 Å². The number of halogens is 2. The van der Waals surface area contributed by atoms with Gasteiger partial charge in [-0.2, -0.15) is 0 Å². The van der Waals surface area contributed by atoms with Crippen molar-refractivity contribution in [1.82, 2.24) is 5.16 Å². The molecule has 1 heterocycles. The molecule has 1 unspecified atom stereocenters. The molecule has 1 aromatic carbocycles. The molecular formula is C12H9ClFNO3. The number of aromatic nitrogens is 1. The molecule has 0 bridgehead atoms. The van der Waals surface area contributed by atoms with Gasteiger partial charge in [0, 0.05) is 22.2 Å². The van der Waals surface area contributed by atoms with E-state index in [0.29, 0.717) is 5.56 Å². The fourth-order valence-electron chi connectivity index (χ4n) is 1.66. The van der Waals surface area contributed by atoms with Crippen LogP contribution in [0.4, 0.5) is 4.39 Å². The highest BCUT2D eigenvalue weighted by molar-refractivity contribution is 6.31. The fourth-order valence-corrected chi connectivity index (χ4v) is 1.98. The largest absolute Gasteiger partial charge is 0.476 e. The van der Waals surface area contributed by atoms with Crippen LogP contribution in [0.1, 0.15) is 29.1 Å². The van der Waals surface area contributed by atoms with E-state index in [9.17, 15) is 9.18 Å². The van der Waals surface area contributed by atoms with E-state index in [0.717, 1.165) is 0 Å². The highest BCUT2D eigenvalue weighted by Crippen LogP contribution is 2.35. The second-order valence-electron chi connectivity index (χ2n) is 3.70. The Bertz CT molecular complexity index is 595. The maximum absolute atomic E-state index is 13.5. The third-order valence-electron chi connectivity index (χ3n) is 2.45. The Morgan fingerprint density at radius 3 is 2.83 bits per heavy atom. The predicted octanol–water partition coefficient (Wildman–Crippen LogP) is 3.72. The van der Waals surface area contributed by atoms with Crippen molar-refractivity contribution in [2.75, 3.05) is 0 Å². The van der Waals surface area contributed by atoms with E-state index in [1.54, 1.807) is 18.2 Å². The first-order valence-corrected chi connectivity index (χ1v) is 5.51. The third kappa shape index (κ3) is 2.22. The zero-order valence-corrected chi connectivity index (χ0v) is 10.1. The van der Waals surface area contributed by atoms with Crippen LogP contribution in [0.25, 0.3) is 11.3 Å². The molecular weight excluding hydrogens is 261 g/mol. The molecule has 0 aliphatic rings. The van der Waals surface area contributed by atoms with Crippen LogP contribution in [0.15, 0.2) is 28.8 Å². The molecule has 0 aliphatic carbocycles. The summed E-state index contributed by atoms with van der Waals surface area (Å²) in [6, 6.07) is 6.03. The van der Waals surface area contributed by atoms with Crippen molar-refractivity contribution in [3.63, 3.8) is 0 Å². The molecule has 0 saturated carbocycles. The number of aromatic carboxylic acids is 1. The van der Waals surface area contributed by atoms with Crippen LogP contribution in [-0.4, -0.2) is 16.2 Å².